The van der Waals surface area contributed by atoms with Gasteiger partial charge in [-0.3, -0.25) is 9.69 Å². The average Bonchev–Trinajstić information content (AvgIpc) is 3.14. The molecule has 1 aliphatic carbocycles. The first-order valence-electron chi connectivity index (χ1n) is 11.7. The molecule has 3 N–H and O–H groups in total. The van der Waals surface area contributed by atoms with Crippen molar-refractivity contribution in [2.75, 3.05) is 6.54 Å². The Bertz CT molecular complexity index is 1260. The van der Waals surface area contributed by atoms with Gasteiger partial charge in [-0.1, -0.05) is 54.6 Å². The number of hydrogen-bond acceptors (Lipinski definition) is 4. The molecule has 0 bridgehead atoms. The lowest BCUT2D eigenvalue weighted by molar-refractivity contribution is -0.180. The van der Waals surface area contributed by atoms with E-state index in [4.69, 9.17) is 15.2 Å². The fourth-order valence-electron chi connectivity index (χ4n) is 5.10. The van der Waals surface area contributed by atoms with Crippen LogP contribution in [0.1, 0.15) is 42.0 Å². The maximum Gasteiger partial charge on any atom is 0.408 e. The van der Waals surface area contributed by atoms with Crippen molar-refractivity contribution in [2.24, 2.45) is 5.73 Å². The monoisotopic (exact) mass is 472 g/mol. The summed E-state index contributed by atoms with van der Waals surface area (Å²) in [6.07, 6.45) is -1.02. The van der Waals surface area contributed by atoms with Crippen LogP contribution >= 0.6 is 0 Å². The van der Waals surface area contributed by atoms with Gasteiger partial charge in [-0.05, 0) is 39.9 Å². The average molecular weight is 473 g/mol. The van der Waals surface area contributed by atoms with Crippen molar-refractivity contribution in [3.8, 4) is 16.9 Å². The molecule has 2 amide bonds. The molecule has 1 heterocycles. The summed E-state index contributed by atoms with van der Waals surface area (Å²) in [6.45, 7) is 4.19. The molecule has 0 saturated heterocycles. The first-order valence-corrected chi connectivity index (χ1v) is 11.7. The first kappa shape index (κ1) is 22.9. The van der Waals surface area contributed by atoms with Gasteiger partial charge in [0.2, 0.25) is 11.7 Å². The van der Waals surface area contributed by atoms with Gasteiger partial charge in [0.25, 0.3) is 0 Å². The quantitative estimate of drug-likeness (QED) is 0.549. The third-order valence-corrected chi connectivity index (χ3v) is 6.78. The largest absolute Gasteiger partial charge is 0.465 e. The number of carbonyl (C=O) groups excluding carboxylic acids is 1. The lowest BCUT2D eigenvalue weighted by atomic mass is 9.94. The molecule has 2 aliphatic rings. The SMILES string of the molecule is CC1(C)OCc2cc(C[C@@H](C(N)=O)N(CC3c4ccccc4-c4ccccc43)C(=O)O)ccc2O1. The zero-order chi connectivity index (χ0) is 24.7. The van der Waals surface area contributed by atoms with Crippen LogP contribution in [0.15, 0.2) is 66.7 Å². The maximum absolute atomic E-state index is 12.6. The number of ether oxygens (including phenoxy) is 2. The molecule has 1 atom stereocenters. The predicted molar refractivity (Wildman–Crippen MR) is 131 cm³/mol. The summed E-state index contributed by atoms with van der Waals surface area (Å²) in [5.41, 5.74) is 11.7. The topological polar surface area (TPSA) is 102 Å². The number of fused-ring (bicyclic) bond motifs is 4. The fraction of sp³-hybridized carbons (Fsp3) is 0.286. The Morgan fingerprint density at radius 3 is 2.29 bits per heavy atom. The third kappa shape index (κ3) is 4.35. The second-order valence-electron chi connectivity index (χ2n) is 9.52. The van der Waals surface area contributed by atoms with Gasteiger partial charge in [0.15, 0.2) is 0 Å². The van der Waals surface area contributed by atoms with Gasteiger partial charge >= 0.3 is 6.09 Å². The van der Waals surface area contributed by atoms with Gasteiger partial charge in [-0.15, -0.1) is 0 Å². The summed E-state index contributed by atoms with van der Waals surface area (Å²) in [5, 5.41) is 10.2. The molecule has 0 unspecified atom stereocenters. The highest BCUT2D eigenvalue weighted by atomic mass is 16.7. The fourth-order valence-corrected chi connectivity index (χ4v) is 5.10. The number of primary amides is 1. The third-order valence-electron chi connectivity index (χ3n) is 6.78. The molecule has 3 aromatic rings. The Morgan fingerprint density at radius 1 is 1.06 bits per heavy atom. The summed E-state index contributed by atoms with van der Waals surface area (Å²) < 4.78 is 11.6. The minimum atomic E-state index is -1.18. The van der Waals surface area contributed by atoms with E-state index in [9.17, 15) is 14.7 Å². The molecule has 0 saturated carbocycles. The number of nitrogens with zero attached hydrogens (tertiary/aromatic N) is 1. The van der Waals surface area contributed by atoms with Crippen molar-refractivity contribution in [1.82, 2.24) is 4.90 Å². The van der Waals surface area contributed by atoms with E-state index in [2.05, 4.69) is 0 Å². The summed E-state index contributed by atoms with van der Waals surface area (Å²) in [5.74, 6) is -0.862. The molecule has 1 aliphatic heterocycles. The molecule has 35 heavy (non-hydrogen) atoms. The number of nitrogens with two attached hydrogens (primary N) is 1. The van der Waals surface area contributed by atoms with Crippen molar-refractivity contribution in [1.29, 1.82) is 0 Å². The number of carboxylic acid groups (broad SMARTS) is 1. The normalized spacial score (nSPS) is 16.4. The van der Waals surface area contributed by atoms with Crippen LogP contribution in [0.4, 0.5) is 4.79 Å². The maximum atomic E-state index is 12.6. The highest BCUT2D eigenvalue weighted by Gasteiger charge is 2.36. The first-order chi connectivity index (χ1) is 16.7. The molecule has 7 nitrogen and oxygen atoms in total. The zero-order valence-electron chi connectivity index (χ0n) is 19.7. The lowest BCUT2D eigenvalue weighted by Crippen LogP contribution is -2.50. The molecule has 180 valence electrons. The number of benzene rings is 3. The molecular weight excluding hydrogens is 444 g/mol. The molecule has 0 radical (unpaired) electrons. The Kier molecular flexibility index (Phi) is 5.73. The Hall–Kier alpha value is -3.84. The number of rotatable bonds is 6. The van der Waals surface area contributed by atoms with Crippen molar-refractivity contribution < 1.29 is 24.2 Å². The van der Waals surface area contributed by atoms with Crippen molar-refractivity contribution in [3.05, 3.63) is 89.0 Å². The van der Waals surface area contributed by atoms with E-state index in [1.807, 2.05) is 80.6 Å². The van der Waals surface area contributed by atoms with Crippen molar-refractivity contribution in [2.45, 2.75) is 44.6 Å². The lowest BCUT2D eigenvalue weighted by Gasteiger charge is -2.33. The van der Waals surface area contributed by atoms with Gasteiger partial charge < -0.3 is 20.3 Å². The van der Waals surface area contributed by atoms with Crippen LogP contribution in [0, 0.1) is 0 Å². The van der Waals surface area contributed by atoms with E-state index in [1.165, 1.54) is 4.90 Å². The summed E-state index contributed by atoms with van der Waals surface area (Å²) >= 11 is 0. The number of hydrogen-bond donors (Lipinski definition) is 2. The van der Waals surface area contributed by atoms with Crippen molar-refractivity contribution in [3.63, 3.8) is 0 Å². The Labute approximate surface area is 204 Å². The van der Waals surface area contributed by atoms with Crippen LogP contribution in [0.5, 0.6) is 5.75 Å². The molecule has 3 aromatic carbocycles. The minimum Gasteiger partial charge on any atom is -0.465 e. The van der Waals surface area contributed by atoms with Crippen molar-refractivity contribution >= 4 is 12.0 Å². The van der Waals surface area contributed by atoms with E-state index in [-0.39, 0.29) is 18.9 Å². The van der Waals surface area contributed by atoms with Gasteiger partial charge in [-0.25, -0.2) is 4.79 Å². The standard InChI is InChI=1S/C28H28N2O5/c1-28(2)34-16-18-13-17(11-12-25(18)35-28)14-24(26(29)31)30(27(32)33)15-23-21-9-5-3-7-19(21)20-8-4-6-10-22(20)23/h3-13,23-24H,14-16H2,1-2H3,(H2,29,31)(H,32,33)/t24-/m0/s1. The second kappa shape index (κ2) is 8.74. The van der Waals surface area contributed by atoms with Crippen LogP contribution in [-0.4, -0.2) is 40.4 Å². The highest BCUT2D eigenvalue weighted by molar-refractivity contribution is 5.85. The number of amides is 2. The van der Waals surface area contributed by atoms with Gasteiger partial charge in [0.1, 0.15) is 11.8 Å². The highest BCUT2D eigenvalue weighted by Crippen LogP contribution is 2.45. The molecule has 5 rings (SSSR count). The van der Waals surface area contributed by atoms with E-state index in [0.29, 0.717) is 6.61 Å². The van der Waals surface area contributed by atoms with Crippen LogP contribution in [0.3, 0.4) is 0 Å². The van der Waals surface area contributed by atoms with E-state index in [1.54, 1.807) is 0 Å². The van der Waals surface area contributed by atoms with Crippen LogP contribution in [0.25, 0.3) is 11.1 Å². The molecule has 0 aromatic heterocycles. The molecule has 7 heteroatoms. The van der Waals surface area contributed by atoms with Gasteiger partial charge in [0.05, 0.1) is 6.61 Å². The minimum absolute atomic E-state index is 0.127. The summed E-state index contributed by atoms with van der Waals surface area (Å²) in [7, 11) is 0. The van der Waals surface area contributed by atoms with Gasteiger partial charge in [-0.2, -0.15) is 0 Å². The van der Waals surface area contributed by atoms with E-state index < -0.39 is 23.8 Å². The molecule has 0 fully saturated rings. The molecule has 0 spiro atoms. The Balaban J connectivity index is 1.44. The molecular formula is C28H28N2O5. The second-order valence-corrected chi connectivity index (χ2v) is 9.52. The number of carbonyl (C=O) groups is 2. The van der Waals surface area contributed by atoms with Crippen LogP contribution < -0.4 is 10.5 Å². The predicted octanol–water partition coefficient (Wildman–Crippen LogP) is 4.52. The van der Waals surface area contributed by atoms with Gasteiger partial charge in [0, 0.05) is 38.3 Å². The summed E-state index contributed by atoms with van der Waals surface area (Å²) in [4.78, 5) is 26.2. The zero-order valence-corrected chi connectivity index (χ0v) is 19.7. The Morgan fingerprint density at radius 2 is 1.69 bits per heavy atom. The van der Waals surface area contributed by atoms with Crippen LogP contribution in [0.2, 0.25) is 0 Å². The van der Waals surface area contributed by atoms with E-state index >= 15 is 0 Å². The smallest absolute Gasteiger partial charge is 0.408 e. The summed E-state index contributed by atoms with van der Waals surface area (Å²) in [6, 6.07) is 20.5. The van der Waals surface area contributed by atoms with Crippen LogP contribution in [-0.2, 0) is 22.6 Å². The van der Waals surface area contributed by atoms with E-state index in [0.717, 1.165) is 39.1 Å².